The van der Waals surface area contributed by atoms with Gasteiger partial charge in [-0.05, 0) is 37.3 Å². The van der Waals surface area contributed by atoms with Crippen molar-refractivity contribution in [2.75, 3.05) is 6.54 Å². The summed E-state index contributed by atoms with van der Waals surface area (Å²) in [7, 11) is 0. The van der Waals surface area contributed by atoms with Crippen molar-refractivity contribution in [2.24, 2.45) is 0 Å². The summed E-state index contributed by atoms with van der Waals surface area (Å²) >= 11 is 1.48. The van der Waals surface area contributed by atoms with Crippen molar-refractivity contribution >= 4 is 11.5 Å². The molecule has 0 aliphatic carbocycles. The van der Waals surface area contributed by atoms with Crippen molar-refractivity contribution in [3.8, 4) is 11.4 Å². The molecule has 1 aliphatic heterocycles. The average Bonchev–Trinajstić information content (AvgIpc) is 3.09. The van der Waals surface area contributed by atoms with E-state index in [0.717, 1.165) is 17.9 Å². The number of nitrogens with one attached hydrogen (secondary N) is 1. The zero-order chi connectivity index (χ0) is 12.4. The highest BCUT2D eigenvalue weighted by Gasteiger charge is 2.23. The fourth-order valence-electron chi connectivity index (χ4n) is 2.69. The van der Waals surface area contributed by atoms with Crippen molar-refractivity contribution < 1.29 is 0 Å². The number of nitrogens with zero attached hydrogens (tertiary/aromatic N) is 3. The normalized spacial score (nSPS) is 24.3. The molecule has 0 spiro atoms. The van der Waals surface area contributed by atoms with Crippen LogP contribution >= 0.6 is 11.5 Å². The van der Waals surface area contributed by atoms with E-state index in [9.17, 15) is 0 Å². The minimum Gasteiger partial charge on any atom is -0.328 e. The fourth-order valence-corrected chi connectivity index (χ4v) is 3.21. The van der Waals surface area contributed by atoms with Crippen LogP contribution < -0.4 is 5.32 Å². The van der Waals surface area contributed by atoms with Crippen LogP contribution in [0.25, 0.3) is 11.4 Å². The van der Waals surface area contributed by atoms with E-state index >= 15 is 0 Å². The summed E-state index contributed by atoms with van der Waals surface area (Å²) in [5.41, 5.74) is 1.14. The van der Waals surface area contributed by atoms with E-state index in [0.29, 0.717) is 12.1 Å². The number of rotatable bonds is 3. The summed E-state index contributed by atoms with van der Waals surface area (Å²) in [6.45, 7) is 3.35. The molecule has 1 aliphatic rings. The van der Waals surface area contributed by atoms with Crippen LogP contribution in [0.3, 0.4) is 0 Å². The molecule has 1 fully saturated rings. The van der Waals surface area contributed by atoms with Crippen LogP contribution in [0, 0.1) is 0 Å². The number of imidazole rings is 1. The first kappa shape index (κ1) is 11.9. The van der Waals surface area contributed by atoms with E-state index in [1.54, 1.807) is 0 Å². The van der Waals surface area contributed by atoms with Crippen molar-refractivity contribution in [2.45, 2.75) is 38.3 Å². The zero-order valence-corrected chi connectivity index (χ0v) is 11.4. The molecule has 0 saturated carbocycles. The SMILES string of the molecule is CC[C@@H]1C[C@H](n2ccnc2-c2cnsc2)CCN1. The van der Waals surface area contributed by atoms with Crippen LogP contribution in [0.1, 0.15) is 32.2 Å². The first-order valence-electron chi connectivity index (χ1n) is 6.54. The zero-order valence-electron chi connectivity index (χ0n) is 10.5. The van der Waals surface area contributed by atoms with Gasteiger partial charge in [0, 0.05) is 35.4 Å². The smallest absolute Gasteiger partial charge is 0.142 e. The Bertz CT molecular complexity index is 491. The van der Waals surface area contributed by atoms with Crippen LogP contribution in [0.2, 0.25) is 0 Å². The van der Waals surface area contributed by atoms with Gasteiger partial charge < -0.3 is 9.88 Å². The average molecular weight is 262 g/mol. The quantitative estimate of drug-likeness (QED) is 0.925. The van der Waals surface area contributed by atoms with Gasteiger partial charge in [0.15, 0.2) is 0 Å². The van der Waals surface area contributed by atoms with Gasteiger partial charge in [0.2, 0.25) is 0 Å². The second kappa shape index (κ2) is 5.20. The lowest BCUT2D eigenvalue weighted by molar-refractivity contribution is 0.297. The van der Waals surface area contributed by atoms with E-state index in [2.05, 4.69) is 37.7 Å². The Hall–Kier alpha value is -1.20. The molecule has 1 N–H and O–H groups in total. The lowest BCUT2D eigenvalue weighted by atomic mass is 9.97. The third kappa shape index (κ3) is 2.20. The van der Waals surface area contributed by atoms with Crippen LogP contribution in [-0.2, 0) is 0 Å². The Kier molecular flexibility index (Phi) is 3.43. The Labute approximate surface area is 111 Å². The Balaban J connectivity index is 1.86. The number of hydrogen-bond donors (Lipinski definition) is 1. The molecule has 2 atom stereocenters. The predicted octanol–water partition coefficient (Wildman–Crippen LogP) is 2.71. The monoisotopic (exact) mass is 262 g/mol. The van der Waals surface area contributed by atoms with Crippen LogP contribution in [0.5, 0.6) is 0 Å². The topological polar surface area (TPSA) is 42.7 Å². The maximum absolute atomic E-state index is 4.49. The molecular formula is C13H18N4S. The molecule has 4 nitrogen and oxygen atoms in total. The summed E-state index contributed by atoms with van der Waals surface area (Å²) in [6.07, 6.45) is 9.48. The van der Waals surface area contributed by atoms with Gasteiger partial charge >= 0.3 is 0 Å². The number of piperidine rings is 1. The Morgan fingerprint density at radius 1 is 1.56 bits per heavy atom. The van der Waals surface area contributed by atoms with E-state index in [-0.39, 0.29) is 0 Å². The van der Waals surface area contributed by atoms with E-state index in [1.807, 2.05) is 12.4 Å². The van der Waals surface area contributed by atoms with Crippen molar-refractivity contribution in [1.29, 1.82) is 0 Å². The highest BCUT2D eigenvalue weighted by atomic mass is 32.1. The van der Waals surface area contributed by atoms with Gasteiger partial charge in [-0.25, -0.2) is 9.36 Å². The minimum absolute atomic E-state index is 0.564. The molecule has 0 unspecified atom stereocenters. The van der Waals surface area contributed by atoms with Gasteiger partial charge in [0.05, 0.1) is 6.20 Å². The molecule has 0 aromatic carbocycles. The molecule has 0 radical (unpaired) electrons. The van der Waals surface area contributed by atoms with Gasteiger partial charge in [-0.2, -0.15) is 0 Å². The van der Waals surface area contributed by atoms with Gasteiger partial charge in [0.25, 0.3) is 0 Å². The lowest BCUT2D eigenvalue weighted by Crippen LogP contribution is -2.38. The third-order valence-corrected chi connectivity index (χ3v) is 4.30. The first-order chi connectivity index (χ1) is 8.88. The maximum atomic E-state index is 4.49. The number of aromatic nitrogens is 3. The van der Waals surface area contributed by atoms with E-state index in [4.69, 9.17) is 0 Å². The van der Waals surface area contributed by atoms with Crippen LogP contribution in [0.15, 0.2) is 24.0 Å². The van der Waals surface area contributed by atoms with Crippen molar-refractivity contribution in [3.63, 3.8) is 0 Å². The van der Waals surface area contributed by atoms with Gasteiger partial charge in [-0.15, -0.1) is 0 Å². The highest BCUT2D eigenvalue weighted by molar-refractivity contribution is 7.03. The molecule has 3 heterocycles. The van der Waals surface area contributed by atoms with Crippen molar-refractivity contribution in [3.05, 3.63) is 24.0 Å². The molecule has 5 heteroatoms. The Morgan fingerprint density at radius 3 is 3.28 bits per heavy atom. The summed E-state index contributed by atoms with van der Waals surface area (Å²) in [4.78, 5) is 4.49. The standard InChI is InChI=1S/C13H18N4S/c1-2-11-7-12(3-4-14-11)17-6-5-15-13(17)10-8-16-18-9-10/h5-6,8-9,11-12,14H,2-4,7H2,1H3/t11-,12-/m1/s1. The van der Waals surface area contributed by atoms with E-state index in [1.165, 1.54) is 30.8 Å². The van der Waals surface area contributed by atoms with Gasteiger partial charge in [0.1, 0.15) is 5.82 Å². The second-order valence-electron chi connectivity index (χ2n) is 4.81. The fraction of sp³-hybridized carbons (Fsp3) is 0.538. The van der Waals surface area contributed by atoms with Gasteiger partial charge in [-0.3, -0.25) is 0 Å². The lowest BCUT2D eigenvalue weighted by Gasteiger charge is -2.31. The third-order valence-electron chi connectivity index (χ3n) is 3.71. The molecule has 0 amide bonds. The minimum atomic E-state index is 0.564. The predicted molar refractivity (Wildman–Crippen MR) is 73.7 cm³/mol. The molecule has 0 bridgehead atoms. The summed E-state index contributed by atoms with van der Waals surface area (Å²) < 4.78 is 6.50. The summed E-state index contributed by atoms with van der Waals surface area (Å²) in [5, 5.41) is 5.64. The second-order valence-corrected chi connectivity index (χ2v) is 5.47. The first-order valence-corrected chi connectivity index (χ1v) is 7.38. The molecule has 18 heavy (non-hydrogen) atoms. The summed E-state index contributed by atoms with van der Waals surface area (Å²) in [6, 6.07) is 1.20. The highest BCUT2D eigenvalue weighted by Crippen LogP contribution is 2.28. The van der Waals surface area contributed by atoms with E-state index < -0.39 is 0 Å². The van der Waals surface area contributed by atoms with Crippen LogP contribution in [0.4, 0.5) is 0 Å². The molecule has 1 saturated heterocycles. The molecule has 96 valence electrons. The molecule has 2 aromatic rings. The Morgan fingerprint density at radius 2 is 2.50 bits per heavy atom. The number of hydrogen-bond acceptors (Lipinski definition) is 4. The maximum Gasteiger partial charge on any atom is 0.142 e. The van der Waals surface area contributed by atoms with Crippen molar-refractivity contribution in [1.82, 2.24) is 19.2 Å². The summed E-state index contributed by atoms with van der Waals surface area (Å²) in [5.74, 6) is 1.06. The largest absolute Gasteiger partial charge is 0.328 e. The molecule has 3 rings (SSSR count). The van der Waals surface area contributed by atoms with Gasteiger partial charge in [-0.1, -0.05) is 6.92 Å². The van der Waals surface area contributed by atoms with Crippen LogP contribution in [-0.4, -0.2) is 26.5 Å². The molecule has 2 aromatic heterocycles. The molecular weight excluding hydrogens is 244 g/mol.